The van der Waals surface area contributed by atoms with Crippen molar-refractivity contribution in [2.24, 2.45) is 7.05 Å². The third kappa shape index (κ3) is 3.61. The molecule has 0 fully saturated rings. The smallest absolute Gasteiger partial charge is 0.261 e. The Bertz CT molecular complexity index is 1320. The van der Waals surface area contributed by atoms with Gasteiger partial charge in [0.2, 0.25) is 0 Å². The predicted molar refractivity (Wildman–Crippen MR) is 112 cm³/mol. The molecule has 0 amide bonds. The van der Waals surface area contributed by atoms with Crippen LogP contribution in [0.5, 0.6) is 5.75 Å². The zero-order valence-electron chi connectivity index (χ0n) is 15.8. The minimum Gasteiger partial charge on any atom is -0.494 e. The number of carbonyl (C=O) groups is 1. The maximum atomic E-state index is 13.9. The molecule has 0 atom stereocenters. The molecule has 0 saturated heterocycles. The first-order valence-corrected chi connectivity index (χ1v) is 9.85. The number of Topliss-reactive ketones (excluding diaryl/α,β-unsaturated/α-hetero) is 1. The van der Waals surface area contributed by atoms with Crippen molar-refractivity contribution in [1.82, 2.24) is 9.55 Å². The number of aromatic nitrogens is 2. The van der Waals surface area contributed by atoms with Gasteiger partial charge in [0, 0.05) is 12.6 Å². The van der Waals surface area contributed by atoms with Crippen LogP contribution in [0.1, 0.15) is 10.4 Å². The van der Waals surface area contributed by atoms with E-state index >= 15 is 0 Å². The van der Waals surface area contributed by atoms with E-state index in [2.05, 4.69) is 4.98 Å². The van der Waals surface area contributed by atoms with Crippen LogP contribution in [0, 0.1) is 5.82 Å². The molecule has 3 aromatic carbocycles. The topological polar surface area (TPSA) is 61.2 Å². The fourth-order valence-corrected chi connectivity index (χ4v) is 3.99. The quantitative estimate of drug-likeness (QED) is 0.214. The van der Waals surface area contributed by atoms with Gasteiger partial charge in [-0.15, -0.1) is 0 Å². The molecule has 4 rings (SSSR count). The van der Waals surface area contributed by atoms with E-state index in [4.69, 9.17) is 4.74 Å². The molecule has 1 heterocycles. The fraction of sp³-hybridized carbons (Fsp3) is 0.136. The van der Waals surface area contributed by atoms with Crippen LogP contribution in [-0.2, 0) is 7.05 Å². The van der Waals surface area contributed by atoms with Gasteiger partial charge in [0.25, 0.3) is 5.56 Å². The van der Waals surface area contributed by atoms with Gasteiger partial charge in [-0.05, 0) is 41.1 Å². The van der Waals surface area contributed by atoms with E-state index in [9.17, 15) is 14.0 Å². The maximum absolute atomic E-state index is 13.9. The summed E-state index contributed by atoms with van der Waals surface area (Å²) in [6.45, 7) is 0. The number of hydrogen-bond acceptors (Lipinski definition) is 5. The van der Waals surface area contributed by atoms with Gasteiger partial charge in [0.15, 0.2) is 22.5 Å². The van der Waals surface area contributed by atoms with Crippen molar-refractivity contribution < 1.29 is 13.9 Å². The Morgan fingerprint density at radius 3 is 2.55 bits per heavy atom. The molecular weight excluding hydrogens is 391 g/mol. The minimum absolute atomic E-state index is 0.0329. The first-order chi connectivity index (χ1) is 14.0. The number of rotatable bonds is 5. The van der Waals surface area contributed by atoms with Crippen molar-refractivity contribution in [3.05, 3.63) is 76.3 Å². The maximum Gasteiger partial charge on any atom is 0.261 e. The van der Waals surface area contributed by atoms with Gasteiger partial charge in [-0.1, -0.05) is 36.0 Å². The lowest BCUT2D eigenvalue weighted by molar-refractivity contribution is 0.102. The molecular formula is C22H17FN2O3S. The third-order valence-electron chi connectivity index (χ3n) is 4.71. The van der Waals surface area contributed by atoms with Gasteiger partial charge in [0.1, 0.15) is 0 Å². The highest BCUT2D eigenvalue weighted by molar-refractivity contribution is 7.99. The Morgan fingerprint density at radius 1 is 1.14 bits per heavy atom. The second-order valence-electron chi connectivity index (χ2n) is 6.54. The summed E-state index contributed by atoms with van der Waals surface area (Å²) in [7, 11) is 2.99. The summed E-state index contributed by atoms with van der Waals surface area (Å²) < 4.78 is 20.2. The van der Waals surface area contributed by atoms with E-state index < -0.39 is 5.82 Å². The highest BCUT2D eigenvalue weighted by atomic mass is 32.2. The van der Waals surface area contributed by atoms with E-state index in [0.717, 1.165) is 28.6 Å². The molecule has 146 valence electrons. The molecule has 0 bridgehead atoms. The number of halogens is 1. The number of benzene rings is 3. The van der Waals surface area contributed by atoms with Crippen LogP contribution in [0.4, 0.5) is 4.39 Å². The monoisotopic (exact) mass is 408 g/mol. The summed E-state index contributed by atoms with van der Waals surface area (Å²) in [6.07, 6.45) is 0. The molecule has 29 heavy (non-hydrogen) atoms. The van der Waals surface area contributed by atoms with Crippen molar-refractivity contribution in [3.63, 3.8) is 0 Å². The Hall–Kier alpha value is -3.19. The number of hydrogen-bond donors (Lipinski definition) is 0. The van der Waals surface area contributed by atoms with Crippen LogP contribution in [0.15, 0.2) is 64.5 Å². The van der Waals surface area contributed by atoms with Crippen molar-refractivity contribution >= 4 is 39.2 Å². The van der Waals surface area contributed by atoms with Crippen LogP contribution in [0.2, 0.25) is 0 Å². The molecule has 5 nitrogen and oxygen atoms in total. The van der Waals surface area contributed by atoms with Gasteiger partial charge < -0.3 is 4.74 Å². The second-order valence-corrected chi connectivity index (χ2v) is 7.48. The zero-order chi connectivity index (χ0) is 20.5. The molecule has 0 saturated carbocycles. The van der Waals surface area contributed by atoms with Crippen LogP contribution < -0.4 is 10.3 Å². The molecule has 0 spiro atoms. The Morgan fingerprint density at radius 2 is 1.86 bits per heavy atom. The van der Waals surface area contributed by atoms with E-state index in [-0.39, 0.29) is 28.4 Å². The van der Waals surface area contributed by atoms with Gasteiger partial charge in [0.05, 0.1) is 23.8 Å². The highest BCUT2D eigenvalue weighted by Gasteiger charge is 2.14. The van der Waals surface area contributed by atoms with Crippen LogP contribution in [0.3, 0.4) is 0 Å². The lowest BCUT2D eigenvalue weighted by Gasteiger charge is -2.10. The normalized spacial score (nSPS) is 11.1. The summed E-state index contributed by atoms with van der Waals surface area (Å²) in [5.41, 5.74) is 0.649. The van der Waals surface area contributed by atoms with Crippen LogP contribution in [-0.4, -0.2) is 28.2 Å². The first kappa shape index (κ1) is 19.1. The standard InChI is InChI=1S/C22H17FN2O3S/c1-25-21(27)16-9-13-5-3-4-6-14(13)11-18(16)24-22(25)29-12-19(26)15-7-8-20(28-2)17(23)10-15/h3-11H,12H2,1-2H3. The third-order valence-corrected chi connectivity index (χ3v) is 5.74. The van der Waals surface area contributed by atoms with E-state index in [1.165, 1.54) is 23.8 Å². The number of ether oxygens (including phenoxy) is 1. The lowest BCUT2D eigenvalue weighted by Crippen LogP contribution is -2.20. The number of carbonyl (C=O) groups excluding carboxylic acids is 1. The van der Waals surface area contributed by atoms with Gasteiger partial charge in [-0.2, -0.15) is 0 Å². The van der Waals surface area contributed by atoms with Crippen molar-refractivity contribution in [2.45, 2.75) is 5.16 Å². The van der Waals surface area contributed by atoms with Gasteiger partial charge in [-0.3, -0.25) is 14.2 Å². The predicted octanol–water partition coefficient (Wildman–Crippen LogP) is 4.21. The molecule has 7 heteroatoms. The molecule has 0 radical (unpaired) electrons. The Kier molecular flexibility index (Phi) is 5.07. The Labute approximate surface area is 170 Å². The van der Waals surface area contributed by atoms with Crippen molar-refractivity contribution in [1.29, 1.82) is 0 Å². The summed E-state index contributed by atoms with van der Waals surface area (Å²) in [5.74, 6) is -0.735. The van der Waals surface area contributed by atoms with E-state index in [1.807, 2.05) is 36.4 Å². The van der Waals surface area contributed by atoms with Gasteiger partial charge in [-0.25, -0.2) is 9.37 Å². The van der Waals surface area contributed by atoms with E-state index in [0.29, 0.717) is 16.1 Å². The largest absolute Gasteiger partial charge is 0.494 e. The summed E-state index contributed by atoms with van der Waals surface area (Å²) >= 11 is 1.15. The minimum atomic E-state index is -0.591. The molecule has 1 aromatic heterocycles. The van der Waals surface area contributed by atoms with Crippen molar-refractivity contribution in [3.8, 4) is 5.75 Å². The molecule has 4 aromatic rings. The number of thioether (sulfide) groups is 1. The van der Waals surface area contributed by atoms with Crippen LogP contribution >= 0.6 is 11.8 Å². The van der Waals surface area contributed by atoms with E-state index in [1.54, 1.807) is 7.05 Å². The molecule has 0 aliphatic rings. The first-order valence-electron chi connectivity index (χ1n) is 8.87. The molecule has 0 aliphatic carbocycles. The SMILES string of the molecule is COc1ccc(C(=O)CSc2nc3cc4ccccc4cc3c(=O)n2C)cc1F. The van der Waals surface area contributed by atoms with Crippen LogP contribution in [0.25, 0.3) is 21.7 Å². The summed E-state index contributed by atoms with van der Waals surface area (Å²) in [4.78, 5) is 29.8. The molecule has 0 unspecified atom stereocenters. The number of ketones is 1. The second kappa shape index (κ2) is 7.67. The Balaban J connectivity index is 1.64. The fourth-order valence-electron chi connectivity index (χ4n) is 3.12. The highest BCUT2D eigenvalue weighted by Crippen LogP contribution is 2.24. The number of nitrogens with zero attached hydrogens (tertiary/aromatic N) is 2. The zero-order valence-corrected chi connectivity index (χ0v) is 16.6. The van der Waals surface area contributed by atoms with Gasteiger partial charge >= 0.3 is 0 Å². The number of methoxy groups -OCH3 is 1. The lowest BCUT2D eigenvalue weighted by atomic mass is 10.1. The summed E-state index contributed by atoms with van der Waals surface area (Å²) in [5, 5.41) is 2.91. The average Bonchev–Trinajstić information content (AvgIpc) is 2.74. The molecule has 0 aliphatic heterocycles. The number of fused-ring (bicyclic) bond motifs is 2. The summed E-state index contributed by atoms with van der Waals surface area (Å²) in [6, 6.07) is 15.6. The molecule has 0 N–H and O–H groups in total. The average molecular weight is 408 g/mol. The van der Waals surface area contributed by atoms with Crippen molar-refractivity contribution in [2.75, 3.05) is 12.9 Å².